The Morgan fingerprint density at radius 2 is 1.68 bits per heavy atom. The van der Waals surface area contributed by atoms with Crippen LogP contribution >= 0.6 is 11.6 Å². The van der Waals surface area contributed by atoms with Crippen LogP contribution in [0.3, 0.4) is 0 Å². The molecule has 0 saturated carbocycles. The third-order valence-corrected chi connectivity index (χ3v) is 4.71. The van der Waals surface area contributed by atoms with Crippen molar-refractivity contribution in [3.8, 4) is 17.2 Å². The highest BCUT2D eigenvalue weighted by Gasteiger charge is 2.17. The Bertz CT molecular complexity index is 1120. The van der Waals surface area contributed by atoms with Gasteiger partial charge in [-0.3, -0.25) is 9.78 Å². The van der Waals surface area contributed by atoms with Gasteiger partial charge in [0.15, 0.2) is 18.1 Å². The van der Waals surface area contributed by atoms with Crippen molar-refractivity contribution in [2.45, 2.75) is 6.92 Å². The van der Waals surface area contributed by atoms with E-state index in [-0.39, 0.29) is 5.56 Å². The van der Waals surface area contributed by atoms with Crippen LogP contribution in [0.5, 0.6) is 17.2 Å². The lowest BCUT2D eigenvalue weighted by Gasteiger charge is -2.14. The second-order valence-electron chi connectivity index (χ2n) is 6.50. The number of rotatable bonds is 7. The SMILES string of the molecule is COc1cc(NC(=O)COC(=O)c2cc3cc(Cl)ccc3nc2C)cc(OC)c1OC. The molecule has 1 aromatic heterocycles. The summed E-state index contributed by atoms with van der Waals surface area (Å²) < 4.78 is 20.9. The number of methoxy groups -OCH3 is 3. The van der Waals surface area contributed by atoms with E-state index in [9.17, 15) is 9.59 Å². The highest BCUT2D eigenvalue weighted by molar-refractivity contribution is 6.31. The molecule has 0 aliphatic rings. The third-order valence-electron chi connectivity index (χ3n) is 4.47. The molecule has 0 spiro atoms. The smallest absolute Gasteiger partial charge is 0.340 e. The van der Waals surface area contributed by atoms with E-state index >= 15 is 0 Å². The van der Waals surface area contributed by atoms with E-state index in [4.69, 9.17) is 30.5 Å². The van der Waals surface area contributed by atoms with Crippen LogP contribution in [0.2, 0.25) is 5.02 Å². The normalized spacial score (nSPS) is 10.5. The highest BCUT2D eigenvalue weighted by atomic mass is 35.5. The number of aromatic nitrogens is 1. The van der Waals surface area contributed by atoms with Crippen molar-refractivity contribution in [1.82, 2.24) is 4.98 Å². The number of hydrogen-bond acceptors (Lipinski definition) is 7. The molecule has 3 rings (SSSR count). The summed E-state index contributed by atoms with van der Waals surface area (Å²) in [6, 6.07) is 9.98. The molecule has 0 saturated heterocycles. The first kappa shape index (κ1) is 22.2. The van der Waals surface area contributed by atoms with Gasteiger partial charge in [-0.1, -0.05) is 11.6 Å². The number of hydrogen-bond donors (Lipinski definition) is 1. The Morgan fingerprint density at radius 1 is 1.00 bits per heavy atom. The van der Waals surface area contributed by atoms with Crippen LogP contribution in [-0.2, 0) is 9.53 Å². The van der Waals surface area contributed by atoms with Gasteiger partial charge in [0.05, 0.1) is 38.1 Å². The van der Waals surface area contributed by atoms with Gasteiger partial charge in [-0.25, -0.2) is 4.79 Å². The van der Waals surface area contributed by atoms with Gasteiger partial charge in [-0.05, 0) is 31.2 Å². The lowest BCUT2D eigenvalue weighted by atomic mass is 10.1. The number of pyridine rings is 1. The van der Waals surface area contributed by atoms with E-state index in [0.717, 1.165) is 0 Å². The topological polar surface area (TPSA) is 96.0 Å². The van der Waals surface area contributed by atoms with Gasteiger partial charge in [-0.2, -0.15) is 0 Å². The number of benzene rings is 2. The number of fused-ring (bicyclic) bond motifs is 1. The summed E-state index contributed by atoms with van der Waals surface area (Å²) in [5.41, 5.74) is 1.85. The minimum atomic E-state index is -0.660. The zero-order chi connectivity index (χ0) is 22.5. The fraction of sp³-hybridized carbons (Fsp3) is 0.227. The summed E-state index contributed by atoms with van der Waals surface area (Å²) in [6.07, 6.45) is 0. The van der Waals surface area contributed by atoms with Gasteiger partial charge in [0.1, 0.15) is 0 Å². The summed E-state index contributed by atoms with van der Waals surface area (Å²) in [6.45, 7) is 1.21. The molecule has 0 atom stereocenters. The van der Waals surface area contributed by atoms with Crippen LogP contribution in [0.25, 0.3) is 10.9 Å². The standard InChI is InChI=1S/C22H21ClN2O6/c1-12-16(8-13-7-14(23)5-6-17(13)24-12)22(27)31-11-20(26)25-15-9-18(28-2)21(30-4)19(10-15)29-3/h5-10H,11H2,1-4H3,(H,25,26). The van der Waals surface area contributed by atoms with Gasteiger partial charge in [0.2, 0.25) is 5.75 Å². The fourth-order valence-corrected chi connectivity index (χ4v) is 3.19. The minimum absolute atomic E-state index is 0.260. The molecule has 0 bridgehead atoms. The second kappa shape index (κ2) is 9.53. The van der Waals surface area contributed by atoms with Gasteiger partial charge >= 0.3 is 5.97 Å². The molecule has 31 heavy (non-hydrogen) atoms. The molecule has 1 heterocycles. The number of halogens is 1. The zero-order valence-electron chi connectivity index (χ0n) is 17.4. The van der Waals surface area contributed by atoms with Crippen molar-refractivity contribution < 1.29 is 28.5 Å². The first-order chi connectivity index (χ1) is 14.9. The largest absolute Gasteiger partial charge is 0.493 e. The maximum Gasteiger partial charge on any atom is 0.340 e. The molecule has 1 N–H and O–H groups in total. The number of aryl methyl sites for hydroxylation is 1. The van der Waals surface area contributed by atoms with E-state index in [1.54, 1.807) is 43.3 Å². The molecule has 0 radical (unpaired) electrons. The average Bonchev–Trinajstić information content (AvgIpc) is 2.76. The molecular formula is C22H21ClN2O6. The van der Waals surface area contributed by atoms with Crippen molar-refractivity contribution in [2.75, 3.05) is 33.3 Å². The fourth-order valence-electron chi connectivity index (χ4n) is 3.01. The number of anilines is 1. The molecule has 0 aliphatic heterocycles. The number of esters is 1. The lowest BCUT2D eigenvalue weighted by molar-refractivity contribution is -0.119. The molecule has 0 unspecified atom stereocenters. The number of carbonyl (C=O) groups is 2. The molecule has 1 amide bonds. The van der Waals surface area contributed by atoms with Crippen LogP contribution in [0, 0.1) is 6.92 Å². The predicted octanol–water partition coefficient (Wildman–Crippen LogP) is 4.02. The first-order valence-electron chi connectivity index (χ1n) is 9.20. The maximum atomic E-state index is 12.5. The van der Waals surface area contributed by atoms with Crippen LogP contribution in [-0.4, -0.2) is 44.8 Å². The average molecular weight is 445 g/mol. The molecule has 8 nitrogen and oxygen atoms in total. The summed E-state index contributed by atoms with van der Waals surface area (Å²) in [5, 5.41) is 3.87. The summed E-state index contributed by atoms with van der Waals surface area (Å²) in [4.78, 5) is 29.2. The van der Waals surface area contributed by atoms with Gasteiger partial charge in [0, 0.05) is 28.2 Å². The monoisotopic (exact) mass is 444 g/mol. The Hall–Kier alpha value is -3.52. The minimum Gasteiger partial charge on any atom is -0.493 e. The summed E-state index contributed by atoms with van der Waals surface area (Å²) in [7, 11) is 4.42. The molecule has 162 valence electrons. The summed E-state index contributed by atoms with van der Waals surface area (Å²) >= 11 is 6.01. The lowest BCUT2D eigenvalue weighted by Crippen LogP contribution is -2.21. The quantitative estimate of drug-likeness (QED) is 0.550. The molecule has 0 aliphatic carbocycles. The van der Waals surface area contributed by atoms with Gasteiger partial charge in [0.25, 0.3) is 5.91 Å². The van der Waals surface area contributed by atoms with Crippen LogP contribution < -0.4 is 19.5 Å². The van der Waals surface area contributed by atoms with Crippen molar-refractivity contribution in [1.29, 1.82) is 0 Å². The number of ether oxygens (including phenoxy) is 4. The maximum absolute atomic E-state index is 12.5. The molecule has 9 heteroatoms. The Morgan fingerprint density at radius 3 is 2.29 bits per heavy atom. The molecule has 2 aromatic carbocycles. The molecule has 3 aromatic rings. The van der Waals surface area contributed by atoms with E-state index < -0.39 is 18.5 Å². The van der Waals surface area contributed by atoms with Crippen LogP contribution in [0.15, 0.2) is 36.4 Å². The van der Waals surface area contributed by atoms with Crippen molar-refractivity contribution in [2.24, 2.45) is 0 Å². The van der Waals surface area contributed by atoms with Gasteiger partial charge < -0.3 is 24.3 Å². The number of amides is 1. The van der Waals surface area contributed by atoms with Crippen molar-refractivity contribution in [3.05, 3.63) is 52.7 Å². The van der Waals surface area contributed by atoms with E-state index in [0.29, 0.717) is 44.6 Å². The summed E-state index contributed by atoms with van der Waals surface area (Å²) in [5.74, 6) is -0.0332. The third kappa shape index (κ3) is 4.97. The van der Waals surface area contributed by atoms with Crippen molar-refractivity contribution >= 4 is 40.1 Å². The highest BCUT2D eigenvalue weighted by Crippen LogP contribution is 2.39. The van der Waals surface area contributed by atoms with Crippen molar-refractivity contribution in [3.63, 3.8) is 0 Å². The van der Waals surface area contributed by atoms with E-state index in [1.165, 1.54) is 21.3 Å². The number of nitrogens with one attached hydrogen (secondary N) is 1. The number of carbonyl (C=O) groups excluding carboxylic acids is 2. The van der Waals surface area contributed by atoms with E-state index in [2.05, 4.69) is 10.3 Å². The second-order valence-corrected chi connectivity index (χ2v) is 6.93. The van der Waals surface area contributed by atoms with Gasteiger partial charge in [-0.15, -0.1) is 0 Å². The Balaban J connectivity index is 1.70. The Kier molecular flexibility index (Phi) is 6.81. The molecular weight excluding hydrogens is 424 g/mol. The van der Waals surface area contributed by atoms with E-state index in [1.807, 2.05) is 0 Å². The molecule has 0 fully saturated rings. The predicted molar refractivity (Wildman–Crippen MR) is 117 cm³/mol. The zero-order valence-corrected chi connectivity index (χ0v) is 18.2. The van der Waals surface area contributed by atoms with Crippen LogP contribution in [0.4, 0.5) is 5.69 Å². The first-order valence-corrected chi connectivity index (χ1v) is 9.58. The van der Waals surface area contributed by atoms with Crippen LogP contribution in [0.1, 0.15) is 16.1 Å². The Labute approximate surface area is 184 Å². The number of nitrogens with zero attached hydrogens (tertiary/aromatic N) is 1.